The summed E-state index contributed by atoms with van der Waals surface area (Å²) in [4.78, 5) is 0. The Morgan fingerprint density at radius 2 is 2.18 bits per heavy atom. The van der Waals surface area contributed by atoms with Crippen LogP contribution in [0.2, 0.25) is 0 Å². The normalized spacial score (nSPS) is 22.1. The lowest BCUT2D eigenvalue weighted by Gasteiger charge is -2.21. The summed E-state index contributed by atoms with van der Waals surface area (Å²) in [5.74, 6) is 0. The van der Waals surface area contributed by atoms with E-state index in [2.05, 4.69) is 4.18 Å². The van der Waals surface area contributed by atoms with E-state index in [1.165, 1.54) is 0 Å². The van der Waals surface area contributed by atoms with Crippen LogP contribution in [0.5, 0.6) is 0 Å². The van der Waals surface area contributed by atoms with Gasteiger partial charge in [0.05, 0.1) is 19.5 Å². The van der Waals surface area contributed by atoms with Gasteiger partial charge in [0.1, 0.15) is 0 Å². The molecule has 6 heteroatoms. The van der Waals surface area contributed by atoms with Gasteiger partial charge in [-0.2, -0.15) is 8.42 Å². The Labute approximate surface area is 103 Å². The summed E-state index contributed by atoms with van der Waals surface area (Å²) in [5, 5.41) is 0. The second kappa shape index (κ2) is 7.81. The molecule has 0 saturated carbocycles. The fourth-order valence-electron chi connectivity index (χ4n) is 1.46. The zero-order chi connectivity index (χ0) is 12.6. The summed E-state index contributed by atoms with van der Waals surface area (Å²) >= 11 is 0. The SMILES string of the molecule is CS(=O)(=O)OCC/C=C\COC1CCCCO1. The summed E-state index contributed by atoms with van der Waals surface area (Å²) in [6.07, 6.45) is 8.42. The molecule has 0 N–H and O–H groups in total. The summed E-state index contributed by atoms with van der Waals surface area (Å²) in [7, 11) is -3.32. The molecule has 17 heavy (non-hydrogen) atoms. The molecule has 0 aliphatic carbocycles. The topological polar surface area (TPSA) is 61.8 Å². The van der Waals surface area contributed by atoms with Gasteiger partial charge in [0.2, 0.25) is 0 Å². The first-order chi connectivity index (χ1) is 8.08. The third kappa shape index (κ3) is 8.31. The van der Waals surface area contributed by atoms with Crippen LogP contribution in [-0.4, -0.2) is 40.8 Å². The summed E-state index contributed by atoms with van der Waals surface area (Å²) in [6, 6.07) is 0. The average Bonchev–Trinajstić information content (AvgIpc) is 2.28. The minimum Gasteiger partial charge on any atom is -0.353 e. The Morgan fingerprint density at radius 1 is 1.35 bits per heavy atom. The van der Waals surface area contributed by atoms with Crippen molar-refractivity contribution in [3.05, 3.63) is 12.2 Å². The quantitative estimate of drug-likeness (QED) is 0.396. The van der Waals surface area contributed by atoms with E-state index in [0.717, 1.165) is 32.1 Å². The van der Waals surface area contributed by atoms with Gasteiger partial charge < -0.3 is 9.47 Å². The molecule has 5 nitrogen and oxygen atoms in total. The monoisotopic (exact) mass is 264 g/mol. The van der Waals surface area contributed by atoms with Gasteiger partial charge in [0.15, 0.2) is 6.29 Å². The number of ether oxygens (including phenoxy) is 2. The van der Waals surface area contributed by atoms with Crippen LogP contribution in [0, 0.1) is 0 Å². The van der Waals surface area contributed by atoms with Crippen LogP contribution < -0.4 is 0 Å². The third-order valence-electron chi connectivity index (χ3n) is 2.26. The van der Waals surface area contributed by atoms with Crippen LogP contribution >= 0.6 is 0 Å². The molecule has 1 rings (SSSR count). The van der Waals surface area contributed by atoms with Crippen molar-refractivity contribution in [2.45, 2.75) is 32.0 Å². The summed E-state index contributed by atoms with van der Waals surface area (Å²) in [5.41, 5.74) is 0. The maximum absolute atomic E-state index is 10.6. The van der Waals surface area contributed by atoms with Gasteiger partial charge in [-0.15, -0.1) is 0 Å². The molecule has 0 radical (unpaired) electrons. The first kappa shape index (κ1) is 14.6. The third-order valence-corrected chi connectivity index (χ3v) is 2.86. The van der Waals surface area contributed by atoms with Crippen molar-refractivity contribution in [2.75, 3.05) is 26.1 Å². The highest BCUT2D eigenvalue weighted by molar-refractivity contribution is 7.85. The molecule has 0 aromatic carbocycles. The predicted octanol–water partition coefficient (Wildman–Crippen LogP) is 1.45. The van der Waals surface area contributed by atoms with Gasteiger partial charge in [-0.25, -0.2) is 0 Å². The Bertz CT molecular complexity index is 317. The van der Waals surface area contributed by atoms with Crippen LogP contribution in [0.3, 0.4) is 0 Å². The van der Waals surface area contributed by atoms with Crippen molar-refractivity contribution in [1.29, 1.82) is 0 Å². The molecule has 1 atom stereocenters. The average molecular weight is 264 g/mol. The van der Waals surface area contributed by atoms with Crippen molar-refractivity contribution in [2.24, 2.45) is 0 Å². The zero-order valence-electron chi connectivity index (χ0n) is 10.1. The fraction of sp³-hybridized carbons (Fsp3) is 0.818. The molecular weight excluding hydrogens is 244 g/mol. The lowest BCUT2D eigenvalue weighted by Crippen LogP contribution is -2.22. The van der Waals surface area contributed by atoms with Gasteiger partial charge in [0.25, 0.3) is 10.1 Å². The molecule has 0 amide bonds. The van der Waals surface area contributed by atoms with Crippen molar-refractivity contribution in [1.82, 2.24) is 0 Å². The van der Waals surface area contributed by atoms with E-state index in [0.29, 0.717) is 13.0 Å². The molecule has 1 heterocycles. The summed E-state index contributed by atoms with van der Waals surface area (Å²) < 4.78 is 36.7. The molecule has 0 aromatic heterocycles. The molecule has 0 aromatic rings. The largest absolute Gasteiger partial charge is 0.353 e. The van der Waals surface area contributed by atoms with Gasteiger partial charge in [-0.05, 0) is 25.7 Å². The Morgan fingerprint density at radius 3 is 2.82 bits per heavy atom. The molecule has 1 fully saturated rings. The van der Waals surface area contributed by atoms with E-state index in [1.54, 1.807) is 0 Å². The van der Waals surface area contributed by atoms with Gasteiger partial charge in [-0.1, -0.05) is 12.2 Å². The number of hydrogen-bond donors (Lipinski definition) is 0. The lowest BCUT2D eigenvalue weighted by molar-refractivity contribution is -0.155. The van der Waals surface area contributed by atoms with E-state index in [1.807, 2.05) is 12.2 Å². The fourth-order valence-corrected chi connectivity index (χ4v) is 1.86. The van der Waals surface area contributed by atoms with Gasteiger partial charge in [0, 0.05) is 6.61 Å². The first-order valence-corrected chi connectivity index (χ1v) is 7.62. The number of rotatable bonds is 7. The summed E-state index contributed by atoms with van der Waals surface area (Å²) in [6.45, 7) is 1.44. The molecule has 1 unspecified atom stereocenters. The standard InChI is InChI=1S/C11H20O5S/c1-17(12,13)16-10-5-2-4-8-14-11-7-3-6-9-15-11/h2,4,11H,3,5-10H2,1H3/b4-2-. The van der Waals surface area contributed by atoms with Crippen molar-refractivity contribution in [3.8, 4) is 0 Å². The van der Waals surface area contributed by atoms with Gasteiger partial charge >= 0.3 is 0 Å². The highest BCUT2D eigenvalue weighted by Crippen LogP contribution is 2.13. The maximum atomic E-state index is 10.6. The second-order valence-electron chi connectivity index (χ2n) is 3.92. The van der Waals surface area contributed by atoms with Crippen molar-refractivity contribution < 1.29 is 22.1 Å². The molecule has 0 spiro atoms. The van der Waals surface area contributed by atoms with Crippen LogP contribution in [-0.2, 0) is 23.8 Å². The van der Waals surface area contributed by atoms with Gasteiger partial charge in [-0.3, -0.25) is 4.18 Å². The van der Waals surface area contributed by atoms with E-state index in [-0.39, 0.29) is 12.9 Å². The molecule has 0 bridgehead atoms. The maximum Gasteiger partial charge on any atom is 0.264 e. The van der Waals surface area contributed by atoms with E-state index in [9.17, 15) is 8.42 Å². The minimum atomic E-state index is -3.32. The minimum absolute atomic E-state index is 0.0827. The number of hydrogen-bond acceptors (Lipinski definition) is 5. The Kier molecular flexibility index (Phi) is 6.72. The highest BCUT2D eigenvalue weighted by Gasteiger charge is 2.12. The second-order valence-corrected chi connectivity index (χ2v) is 5.56. The van der Waals surface area contributed by atoms with Crippen LogP contribution in [0.25, 0.3) is 0 Å². The molecule has 1 aliphatic rings. The van der Waals surface area contributed by atoms with Crippen LogP contribution in [0.15, 0.2) is 12.2 Å². The molecule has 1 saturated heterocycles. The van der Waals surface area contributed by atoms with E-state index in [4.69, 9.17) is 9.47 Å². The van der Waals surface area contributed by atoms with E-state index >= 15 is 0 Å². The highest BCUT2D eigenvalue weighted by atomic mass is 32.2. The smallest absolute Gasteiger partial charge is 0.264 e. The molecular formula is C11H20O5S. The van der Waals surface area contributed by atoms with Crippen molar-refractivity contribution >= 4 is 10.1 Å². The predicted molar refractivity (Wildman–Crippen MR) is 64.1 cm³/mol. The Balaban J connectivity index is 1.98. The van der Waals surface area contributed by atoms with E-state index < -0.39 is 10.1 Å². The zero-order valence-corrected chi connectivity index (χ0v) is 10.9. The molecule has 1 aliphatic heterocycles. The van der Waals surface area contributed by atoms with Crippen LogP contribution in [0.1, 0.15) is 25.7 Å². The molecule has 100 valence electrons. The first-order valence-electron chi connectivity index (χ1n) is 5.80. The van der Waals surface area contributed by atoms with Crippen molar-refractivity contribution in [3.63, 3.8) is 0 Å². The Hall–Kier alpha value is -0.430. The van der Waals surface area contributed by atoms with Crippen LogP contribution in [0.4, 0.5) is 0 Å². The lowest BCUT2D eigenvalue weighted by atomic mass is 10.2.